The highest BCUT2D eigenvalue weighted by atomic mass is 127. The Labute approximate surface area is 86.3 Å². The van der Waals surface area contributed by atoms with E-state index in [1.807, 2.05) is 24.4 Å². The van der Waals surface area contributed by atoms with Gasteiger partial charge in [0.05, 0.1) is 5.69 Å². The fourth-order valence-electron chi connectivity index (χ4n) is 0.761. The molecular formula is C9H11IN2. The zero-order chi connectivity index (χ0) is 8.65. The molecule has 0 aliphatic carbocycles. The van der Waals surface area contributed by atoms with Crippen molar-refractivity contribution in [3.63, 3.8) is 0 Å². The third-order valence-corrected chi connectivity index (χ3v) is 2.09. The van der Waals surface area contributed by atoms with Crippen LogP contribution in [0.2, 0.25) is 0 Å². The number of nitrogens with zero attached hydrogens (tertiary/aromatic N) is 2. The van der Waals surface area contributed by atoms with Crippen molar-refractivity contribution in [2.45, 2.75) is 6.42 Å². The van der Waals surface area contributed by atoms with Crippen molar-refractivity contribution in [3.05, 3.63) is 30.1 Å². The molecule has 3 heteroatoms. The van der Waals surface area contributed by atoms with Crippen molar-refractivity contribution < 1.29 is 0 Å². The number of aromatic nitrogens is 1. The lowest BCUT2D eigenvalue weighted by molar-refractivity contribution is 0.959. The first kappa shape index (κ1) is 9.64. The highest BCUT2D eigenvalue weighted by molar-refractivity contribution is 14.1. The number of hydrogen-bond acceptors (Lipinski definition) is 2. The molecule has 1 aromatic rings. The van der Waals surface area contributed by atoms with Crippen LogP contribution in [0.5, 0.6) is 0 Å². The quantitative estimate of drug-likeness (QED) is 0.358. The predicted octanol–water partition coefficient (Wildman–Crippen LogP) is 2.33. The van der Waals surface area contributed by atoms with Crippen molar-refractivity contribution in [2.75, 3.05) is 11.0 Å². The summed E-state index contributed by atoms with van der Waals surface area (Å²) < 4.78 is 1.16. The highest BCUT2D eigenvalue weighted by Crippen LogP contribution is 1.91. The van der Waals surface area contributed by atoms with E-state index >= 15 is 0 Å². The van der Waals surface area contributed by atoms with E-state index in [0.29, 0.717) is 0 Å². The maximum Gasteiger partial charge on any atom is 0.0807 e. The third kappa shape index (κ3) is 3.80. The second kappa shape index (κ2) is 6.11. The Bertz CT molecular complexity index is 234. The molecule has 0 aliphatic heterocycles. The molecule has 2 nitrogen and oxygen atoms in total. The van der Waals surface area contributed by atoms with Gasteiger partial charge in [-0.05, 0) is 18.6 Å². The zero-order valence-corrected chi connectivity index (χ0v) is 8.94. The van der Waals surface area contributed by atoms with E-state index < -0.39 is 0 Å². The molecule has 12 heavy (non-hydrogen) atoms. The first-order valence-corrected chi connectivity index (χ1v) is 5.43. The molecule has 0 spiro atoms. The Morgan fingerprint density at radius 2 is 2.42 bits per heavy atom. The van der Waals surface area contributed by atoms with Crippen LogP contribution in [-0.2, 0) is 0 Å². The van der Waals surface area contributed by atoms with Crippen LogP contribution in [-0.4, -0.2) is 22.2 Å². The maximum atomic E-state index is 4.24. The number of hydrogen-bond donors (Lipinski definition) is 0. The predicted molar refractivity (Wildman–Crippen MR) is 60.2 cm³/mol. The Morgan fingerprint density at radius 3 is 3.08 bits per heavy atom. The van der Waals surface area contributed by atoms with Gasteiger partial charge in [0.2, 0.25) is 0 Å². The summed E-state index contributed by atoms with van der Waals surface area (Å²) in [4.78, 5) is 8.36. The topological polar surface area (TPSA) is 25.2 Å². The molecule has 64 valence electrons. The summed E-state index contributed by atoms with van der Waals surface area (Å²) in [5.41, 5.74) is 0.936. The summed E-state index contributed by atoms with van der Waals surface area (Å²) in [7, 11) is 0. The average Bonchev–Trinajstić information content (AvgIpc) is 2.14. The van der Waals surface area contributed by atoms with Crippen LogP contribution >= 0.6 is 22.6 Å². The van der Waals surface area contributed by atoms with Crippen LogP contribution in [0.1, 0.15) is 12.1 Å². The van der Waals surface area contributed by atoms with Crippen LogP contribution in [0.15, 0.2) is 29.4 Å². The molecule has 0 amide bonds. The number of pyridine rings is 1. The summed E-state index contributed by atoms with van der Waals surface area (Å²) >= 11 is 2.35. The fraction of sp³-hybridized carbons (Fsp3) is 0.333. The Hall–Kier alpha value is -0.450. The van der Waals surface area contributed by atoms with Crippen molar-refractivity contribution in [1.82, 2.24) is 4.98 Å². The van der Waals surface area contributed by atoms with Gasteiger partial charge in [-0.3, -0.25) is 9.98 Å². The van der Waals surface area contributed by atoms with E-state index in [1.165, 1.54) is 0 Å². The third-order valence-electron chi connectivity index (χ3n) is 1.33. The molecule has 1 aromatic heterocycles. The molecule has 0 saturated heterocycles. The largest absolute Gasteiger partial charge is 0.291 e. The molecule has 0 radical (unpaired) electrons. The molecule has 1 heterocycles. The van der Waals surface area contributed by atoms with Gasteiger partial charge in [-0.25, -0.2) is 0 Å². The molecule has 0 atom stereocenters. The Kier molecular flexibility index (Phi) is 4.91. The van der Waals surface area contributed by atoms with Gasteiger partial charge in [-0.15, -0.1) is 0 Å². The normalized spacial score (nSPS) is 10.8. The van der Waals surface area contributed by atoms with Crippen molar-refractivity contribution >= 4 is 28.8 Å². The molecule has 0 N–H and O–H groups in total. The first-order valence-electron chi connectivity index (χ1n) is 3.90. The second-order valence-electron chi connectivity index (χ2n) is 2.33. The minimum atomic E-state index is 0.902. The molecule has 0 aromatic carbocycles. The number of halogens is 1. The monoisotopic (exact) mass is 274 g/mol. The lowest BCUT2D eigenvalue weighted by Gasteiger charge is -1.90. The summed E-state index contributed by atoms with van der Waals surface area (Å²) in [6.07, 6.45) is 4.75. The van der Waals surface area contributed by atoms with Crippen LogP contribution in [0.25, 0.3) is 0 Å². The molecule has 0 aliphatic rings. The van der Waals surface area contributed by atoms with Gasteiger partial charge >= 0.3 is 0 Å². The van der Waals surface area contributed by atoms with Gasteiger partial charge < -0.3 is 0 Å². The first-order chi connectivity index (χ1) is 5.93. The van der Waals surface area contributed by atoms with Crippen molar-refractivity contribution in [1.29, 1.82) is 0 Å². The van der Waals surface area contributed by atoms with Gasteiger partial charge in [0.15, 0.2) is 0 Å². The molecule has 0 unspecified atom stereocenters. The lowest BCUT2D eigenvalue weighted by atomic mass is 10.4. The van der Waals surface area contributed by atoms with E-state index in [4.69, 9.17) is 0 Å². The van der Waals surface area contributed by atoms with E-state index in [9.17, 15) is 0 Å². The average molecular weight is 274 g/mol. The van der Waals surface area contributed by atoms with Crippen molar-refractivity contribution in [2.24, 2.45) is 4.99 Å². The maximum absolute atomic E-state index is 4.24. The molecule has 0 fully saturated rings. The smallest absolute Gasteiger partial charge is 0.0807 e. The highest BCUT2D eigenvalue weighted by Gasteiger charge is 1.84. The van der Waals surface area contributed by atoms with Gasteiger partial charge in [-0.2, -0.15) is 0 Å². The second-order valence-corrected chi connectivity index (χ2v) is 3.41. The number of alkyl halides is 1. The number of rotatable bonds is 4. The summed E-state index contributed by atoms with van der Waals surface area (Å²) in [5.74, 6) is 0. The molecule has 0 bridgehead atoms. The lowest BCUT2D eigenvalue weighted by Crippen LogP contribution is -1.87. The van der Waals surface area contributed by atoms with Crippen molar-refractivity contribution in [3.8, 4) is 0 Å². The number of aliphatic imine (C=N–C) groups is 1. The molecule has 1 rings (SSSR count). The SMILES string of the molecule is ICCC/N=C/c1ccccn1. The Balaban J connectivity index is 2.36. The molecular weight excluding hydrogens is 263 g/mol. The summed E-state index contributed by atoms with van der Waals surface area (Å²) in [6.45, 7) is 0.902. The van der Waals surface area contributed by atoms with Gasteiger partial charge in [-0.1, -0.05) is 28.7 Å². The van der Waals surface area contributed by atoms with Gasteiger partial charge in [0.1, 0.15) is 0 Å². The van der Waals surface area contributed by atoms with Crippen LogP contribution in [0.4, 0.5) is 0 Å². The van der Waals surface area contributed by atoms with E-state index in [2.05, 4.69) is 32.6 Å². The summed E-state index contributed by atoms with van der Waals surface area (Å²) in [6, 6.07) is 5.82. The summed E-state index contributed by atoms with van der Waals surface area (Å²) in [5, 5.41) is 0. The Morgan fingerprint density at radius 1 is 1.50 bits per heavy atom. The standard InChI is InChI=1S/C9H11IN2/c10-5-3-6-11-8-9-4-1-2-7-12-9/h1-2,4,7-8H,3,5-6H2/b11-8+. The minimum Gasteiger partial charge on any atom is -0.291 e. The van der Waals surface area contributed by atoms with E-state index in [-0.39, 0.29) is 0 Å². The minimum absolute atomic E-state index is 0.902. The van der Waals surface area contributed by atoms with Crippen LogP contribution in [0, 0.1) is 0 Å². The van der Waals surface area contributed by atoms with Gasteiger partial charge in [0.25, 0.3) is 0 Å². The van der Waals surface area contributed by atoms with Crippen LogP contribution < -0.4 is 0 Å². The van der Waals surface area contributed by atoms with E-state index in [0.717, 1.165) is 23.1 Å². The fourth-order valence-corrected chi connectivity index (χ4v) is 1.10. The van der Waals surface area contributed by atoms with Crippen LogP contribution in [0.3, 0.4) is 0 Å². The zero-order valence-electron chi connectivity index (χ0n) is 6.78. The van der Waals surface area contributed by atoms with Gasteiger partial charge in [0, 0.05) is 23.4 Å². The van der Waals surface area contributed by atoms with E-state index in [1.54, 1.807) is 6.20 Å². The molecule has 0 saturated carbocycles.